The average Bonchev–Trinajstić information content (AvgIpc) is 2.94. The van der Waals surface area contributed by atoms with Crippen molar-refractivity contribution in [1.29, 1.82) is 0 Å². The molecule has 1 unspecified atom stereocenters. The van der Waals surface area contributed by atoms with Crippen molar-refractivity contribution in [2.24, 2.45) is 5.73 Å². The van der Waals surface area contributed by atoms with E-state index in [0.29, 0.717) is 22.7 Å². The molecule has 0 aliphatic heterocycles. The molecule has 0 aliphatic rings. The van der Waals surface area contributed by atoms with E-state index < -0.39 is 23.1 Å². The molecule has 1 aromatic heterocycles. The Balaban J connectivity index is 2.18. The van der Waals surface area contributed by atoms with Gasteiger partial charge in [-0.3, -0.25) is 4.79 Å². The maximum Gasteiger partial charge on any atom is 0.355 e. The number of thiazole rings is 1. The number of aryl methyl sites for hydroxylation is 2. The first-order valence-corrected chi connectivity index (χ1v) is 10.1. The van der Waals surface area contributed by atoms with Crippen molar-refractivity contribution in [3.63, 3.8) is 0 Å². The summed E-state index contributed by atoms with van der Waals surface area (Å²) < 4.78 is 5.56. The number of carboxylic acids is 1. The van der Waals surface area contributed by atoms with Crippen LogP contribution in [0.5, 0.6) is 0 Å². The largest absolute Gasteiger partial charge is 0.476 e. The highest BCUT2D eigenvalue weighted by molar-refractivity contribution is 7.11. The number of hydrogen-bond donors (Lipinski definition) is 2. The highest BCUT2D eigenvalue weighted by atomic mass is 32.1. The Labute approximate surface area is 169 Å². The standard InChI is InChI=1S/C21H28N2O4S/c1-14-17(18(24)25)23-16(28-14)13-21(22,19(26)27-20(2,3)4)12-8-11-15-9-6-5-7-10-15/h5-7,9-10H,8,11-13,22H2,1-4H3,(H,24,25). The first kappa shape index (κ1) is 22.0. The quantitative estimate of drug-likeness (QED) is 0.650. The Morgan fingerprint density at radius 1 is 1.21 bits per heavy atom. The van der Waals surface area contributed by atoms with Crippen LogP contribution in [0.15, 0.2) is 30.3 Å². The number of aromatic carboxylic acids is 1. The van der Waals surface area contributed by atoms with Crippen LogP contribution in [0.3, 0.4) is 0 Å². The normalized spacial score (nSPS) is 13.8. The second-order valence-electron chi connectivity index (χ2n) is 7.99. The molecule has 0 saturated carbocycles. The molecule has 0 amide bonds. The van der Waals surface area contributed by atoms with Crippen molar-refractivity contribution in [1.82, 2.24) is 4.98 Å². The van der Waals surface area contributed by atoms with Crippen LogP contribution in [0.1, 0.15) is 59.5 Å². The molecule has 28 heavy (non-hydrogen) atoms. The summed E-state index contributed by atoms with van der Waals surface area (Å²) in [5.41, 5.74) is 5.79. The summed E-state index contributed by atoms with van der Waals surface area (Å²) in [5.74, 6) is -1.57. The van der Waals surface area contributed by atoms with Gasteiger partial charge in [0.25, 0.3) is 0 Å². The van der Waals surface area contributed by atoms with Crippen LogP contribution in [0.2, 0.25) is 0 Å². The van der Waals surface area contributed by atoms with E-state index in [9.17, 15) is 14.7 Å². The Morgan fingerprint density at radius 3 is 2.39 bits per heavy atom. The van der Waals surface area contributed by atoms with Gasteiger partial charge in [0.15, 0.2) is 5.69 Å². The van der Waals surface area contributed by atoms with E-state index in [0.717, 1.165) is 6.42 Å². The van der Waals surface area contributed by atoms with Crippen molar-refractivity contribution in [3.8, 4) is 0 Å². The number of esters is 1. The summed E-state index contributed by atoms with van der Waals surface area (Å²) in [7, 11) is 0. The minimum absolute atomic E-state index is 0.0100. The van der Waals surface area contributed by atoms with Crippen LogP contribution >= 0.6 is 11.3 Å². The van der Waals surface area contributed by atoms with Crippen molar-refractivity contribution in [2.45, 2.75) is 64.5 Å². The molecule has 3 N–H and O–H groups in total. The molecule has 7 heteroatoms. The molecule has 0 fully saturated rings. The molecular weight excluding hydrogens is 376 g/mol. The minimum atomic E-state index is -1.26. The third kappa shape index (κ3) is 6.14. The monoisotopic (exact) mass is 404 g/mol. The number of nitrogens with zero attached hydrogens (tertiary/aromatic N) is 1. The van der Waals surface area contributed by atoms with Gasteiger partial charge in [-0.05, 0) is 52.5 Å². The van der Waals surface area contributed by atoms with Crippen LogP contribution in [0, 0.1) is 6.92 Å². The highest BCUT2D eigenvalue weighted by Gasteiger charge is 2.39. The molecule has 0 aliphatic carbocycles. The fourth-order valence-corrected chi connectivity index (χ4v) is 3.94. The first-order chi connectivity index (χ1) is 13.0. The molecule has 1 heterocycles. The van der Waals surface area contributed by atoms with Crippen molar-refractivity contribution in [2.75, 3.05) is 0 Å². The third-order valence-corrected chi connectivity index (χ3v) is 5.22. The van der Waals surface area contributed by atoms with E-state index in [4.69, 9.17) is 10.5 Å². The molecule has 1 atom stereocenters. The summed E-state index contributed by atoms with van der Waals surface area (Å²) in [5, 5.41) is 9.76. The van der Waals surface area contributed by atoms with Crippen LogP contribution in [0.25, 0.3) is 0 Å². The maximum absolute atomic E-state index is 12.9. The maximum atomic E-state index is 12.9. The van der Waals surface area contributed by atoms with Gasteiger partial charge in [0.2, 0.25) is 0 Å². The average molecular weight is 405 g/mol. The predicted octanol–water partition coefficient (Wildman–Crippen LogP) is 3.75. The SMILES string of the molecule is Cc1sc(CC(N)(CCCc2ccccc2)C(=O)OC(C)(C)C)nc1C(=O)O. The van der Waals surface area contributed by atoms with Gasteiger partial charge in [0.1, 0.15) is 11.1 Å². The van der Waals surface area contributed by atoms with Crippen LogP contribution in [-0.2, 0) is 22.4 Å². The Morgan fingerprint density at radius 2 is 1.86 bits per heavy atom. The Kier molecular flexibility index (Phi) is 6.96. The summed E-state index contributed by atoms with van der Waals surface area (Å²) >= 11 is 1.26. The number of carboxylic acid groups (broad SMARTS) is 1. The Hall–Kier alpha value is -2.25. The predicted molar refractivity (Wildman–Crippen MR) is 110 cm³/mol. The van der Waals surface area contributed by atoms with Gasteiger partial charge in [-0.25, -0.2) is 9.78 Å². The topological polar surface area (TPSA) is 103 Å². The summed E-state index contributed by atoms with van der Waals surface area (Å²) in [6, 6.07) is 9.99. The van der Waals surface area contributed by atoms with E-state index in [1.54, 1.807) is 27.7 Å². The van der Waals surface area contributed by atoms with Gasteiger partial charge in [-0.15, -0.1) is 11.3 Å². The highest BCUT2D eigenvalue weighted by Crippen LogP contribution is 2.26. The van der Waals surface area contributed by atoms with Gasteiger partial charge in [0, 0.05) is 11.3 Å². The van der Waals surface area contributed by atoms with Gasteiger partial charge in [0.05, 0.1) is 5.01 Å². The van der Waals surface area contributed by atoms with E-state index in [1.165, 1.54) is 16.9 Å². The third-order valence-electron chi connectivity index (χ3n) is 4.25. The first-order valence-electron chi connectivity index (χ1n) is 9.26. The molecule has 0 bridgehead atoms. The van der Waals surface area contributed by atoms with Gasteiger partial charge >= 0.3 is 11.9 Å². The summed E-state index contributed by atoms with van der Waals surface area (Å²) in [4.78, 5) is 28.9. The zero-order valence-corrected chi connectivity index (χ0v) is 17.6. The molecule has 6 nitrogen and oxygen atoms in total. The smallest absolute Gasteiger partial charge is 0.355 e. The summed E-state index contributed by atoms with van der Waals surface area (Å²) in [6.45, 7) is 7.09. The number of nitrogens with two attached hydrogens (primary N) is 1. The van der Waals surface area contributed by atoms with Gasteiger partial charge in [-0.1, -0.05) is 30.3 Å². The van der Waals surface area contributed by atoms with Crippen LogP contribution in [-0.4, -0.2) is 33.2 Å². The van der Waals surface area contributed by atoms with E-state index >= 15 is 0 Å². The van der Waals surface area contributed by atoms with Gasteiger partial charge < -0.3 is 15.6 Å². The lowest BCUT2D eigenvalue weighted by Crippen LogP contribution is -2.52. The van der Waals surface area contributed by atoms with Crippen LogP contribution in [0.4, 0.5) is 0 Å². The molecule has 0 saturated heterocycles. The van der Waals surface area contributed by atoms with Crippen molar-refractivity contribution in [3.05, 3.63) is 51.5 Å². The number of rotatable bonds is 8. The second-order valence-corrected chi connectivity index (χ2v) is 9.28. The number of hydrogen-bond acceptors (Lipinski definition) is 6. The molecule has 2 rings (SSSR count). The van der Waals surface area contributed by atoms with E-state index in [1.807, 2.05) is 30.3 Å². The Bertz CT molecular complexity index is 827. The second kappa shape index (κ2) is 8.84. The van der Waals surface area contributed by atoms with Crippen molar-refractivity contribution < 1.29 is 19.4 Å². The molecule has 2 aromatic rings. The van der Waals surface area contributed by atoms with E-state index in [-0.39, 0.29) is 12.1 Å². The number of ether oxygens (including phenoxy) is 1. The van der Waals surface area contributed by atoms with Crippen molar-refractivity contribution >= 4 is 23.3 Å². The fourth-order valence-electron chi connectivity index (χ4n) is 2.89. The fraction of sp³-hybridized carbons (Fsp3) is 0.476. The molecule has 0 radical (unpaired) electrons. The lowest BCUT2D eigenvalue weighted by atomic mass is 9.89. The minimum Gasteiger partial charge on any atom is -0.476 e. The number of aromatic nitrogens is 1. The molecular formula is C21H28N2O4S. The zero-order valence-electron chi connectivity index (χ0n) is 16.8. The number of carbonyl (C=O) groups is 2. The van der Waals surface area contributed by atoms with Gasteiger partial charge in [-0.2, -0.15) is 0 Å². The lowest BCUT2D eigenvalue weighted by molar-refractivity contribution is -0.162. The molecule has 0 spiro atoms. The molecule has 1 aromatic carbocycles. The van der Waals surface area contributed by atoms with Crippen LogP contribution < -0.4 is 5.73 Å². The molecule has 152 valence electrons. The lowest BCUT2D eigenvalue weighted by Gasteiger charge is -2.31. The summed E-state index contributed by atoms with van der Waals surface area (Å²) in [6.07, 6.45) is 2.06. The zero-order chi connectivity index (χ0) is 20.9. The van der Waals surface area contributed by atoms with E-state index in [2.05, 4.69) is 4.98 Å². The number of benzene rings is 1. The number of carbonyl (C=O) groups excluding carboxylic acids is 1.